The zero-order valence-corrected chi connectivity index (χ0v) is 9.16. The lowest BCUT2D eigenvalue weighted by molar-refractivity contribution is 0.405. The van der Waals surface area contributed by atoms with Gasteiger partial charge in [0.15, 0.2) is 5.82 Å². The van der Waals surface area contributed by atoms with Gasteiger partial charge in [-0.2, -0.15) is 4.98 Å². The van der Waals surface area contributed by atoms with E-state index in [0.717, 1.165) is 24.7 Å². The molecule has 4 heteroatoms. The van der Waals surface area contributed by atoms with Gasteiger partial charge in [-0.15, -0.1) is 0 Å². The zero-order valence-electron chi connectivity index (χ0n) is 9.16. The normalized spacial score (nSPS) is 13.4. The molecule has 80 valence electrons. The highest BCUT2D eigenvalue weighted by atomic mass is 16.5. The van der Waals surface area contributed by atoms with Crippen molar-refractivity contribution < 1.29 is 4.52 Å². The summed E-state index contributed by atoms with van der Waals surface area (Å²) in [6.45, 7) is 7.58. The Bertz CT molecular complexity index is 234. The molecule has 4 nitrogen and oxygen atoms in total. The van der Waals surface area contributed by atoms with Crippen molar-refractivity contribution in [3.05, 3.63) is 12.2 Å². The molecular weight excluding hydrogens is 178 g/mol. The Labute approximate surface area is 85.1 Å². The van der Waals surface area contributed by atoms with Crippen LogP contribution in [0.5, 0.6) is 0 Å². The predicted molar refractivity (Wildman–Crippen MR) is 54.9 cm³/mol. The topological polar surface area (TPSA) is 51.0 Å². The van der Waals surface area contributed by atoms with Crippen LogP contribution in [0.2, 0.25) is 0 Å². The molecule has 0 aliphatic heterocycles. The fourth-order valence-electron chi connectivity index (χ4n) is 1.52. The molecule has 0 aliphatic rings. The minimum Gasteiger partial charge on any atom is -0.343 e. The molecule has 1 aromatic rings. The maximum atomic E-state index is 4.65. The Morgan fingerprint density at radius 1 is 1.43 bits per heavy atom. The Morgan fingerprint density at radius 3 is 2.79 bits per heavy atom. The number of nitrogens with one attached hydrogen (secondary N) is 1. The quantitative estimate of drug-likeness (QED) is 0.753. The third-order valence-corrected chi connectivity index (χ3v) is 2.07. The van der Waals surface area contributed by atoms with Gasteiger partial charge in [0.1, 0.15) is 0 Å². The lowest BCUT2D eigenvalue weighted by atomic mass is 10.1. The molecule has 0 bridgehead atoms. The summed E-state index contributed by atoms with van der Waals surface area (Å²) in [5.41, 5.74) is 0. The van der Waals surface area contributed by atoms with Crippen LogP contribution >= 0.6 is 0 Å². The standard InChI is InChI=1S/C10H19N3O/c1-8(2)6-9(3)11-5-4-10-12-7-14-13-10/h7-9,11H,4-6H2,1-3H3. The maximum Gasteiger partial charge on any atom is 0.213 e. The summed E-state index contributed by atoms with van der Waals surface area (Å²) in [4.78, 5) is 3.96. The van der Waals surface area contributed by atoms with Crippen LogP contribution in [0.3, 0.4) is 0 Å². The minimum absolute atomic E-state index is 0.557. The molecule has 1 heterocycles. The number of hydrogen-bond acceptors (Lipinski definition) is 4. The molecule has 0 spiro atoms. The van der Waals surface area contributed by atoms with Gasteiger partial charge in [-0.1, -0.05) is 19.0 Å². The highest BCUT2D eigenvalue weighted by Gasteiger charge is 2.04. The van der Waals surface area contributed by atoms with Gasteiger partial charge in [0, 0.05) is 19.0 Å². The van der Waals surface area contributed by atoms with E-state index in [4.69, 9.17) is 0 Å². The van der Waals surface area contributed by atoms with E-state index in [1.165, 1.54) is 12.8 Å². The second kappa shape index (κ2) is 5.75. The molecule has 0 fully saturated rings. The molecule has 1 rings (SSSR count). The first-order chi connectivity index (χ1) is 6.68. The molecule has 0 saturated heterocycles. The summed E-state index contributed by atoms with van der Waals surface area (Å²) in [6, 6.07) is 0.557. The Balaban J connectivity index is 2.09. The third-order valence-electron chi connectivity index (χ3n) is 2.07. The number of hydrogen-bond donors (Lipinski definition) is 1. The summed E-state index contributed by atoms with van der Waals surface area (Å²) >= 11 is 0. The molecule has 0 radical (unpaired) electrons. The van der Waals surface area contributed by atoms with Gasteiger partial charge >= 0.3 is 0 Å². The van der Waals surface area contributed by atoms with Gasteiger partial charge in [-0.3, -0.25) is 0 Å². The number of aromatic nitrogens is 2. The molecule has 1 N–H and O–H groups in total. The van der Waals surface area contributed by atoms with E-state index in [-0.39, 0.29) is 0 Å². The van der Waals surface area contributed by atoms with E-state index in [1.807, 2.05) is 0 Å². The molecule has 1 aromatic heterocycles. The van der Waals surface area contributed by atoms with Gasteiger partial charge in [0.05, 0.1) is 0 Å². The van der Waals surface area contributed by atoms with Crippen LogP contribution in [0.4, 0.5) is 0 Å². The Morgan fingerprint density at radius 2 is 2.21 bits per heavy atom. The van der Waals surface area contributed by atoms with Crippen LogP contribution in [0, 0.1) is 5.92 Å². The van der Waals surface area contributed by atoms with Crippen molar-refractivity contribution in [2.45, 2.75) is 39.7 Å². The SMILES string of the molecule is CC(C)CC(C)NCCc1ncon1. The molecule has 0 amide bonds. The molecule has 0 aromatic carbocycles. The Hall–Kier alpha value is -0.900. The molecule has 0 saturated carbocycles. The average Bonchev–Trinajstić information content (AvgIpc) is 2.55. The summed E-state index contributed by atoms with van der Waals surface area (Å²) < 4.78 is 4.65. The van der Waals surface area contributed by atoms with Crippen LogP contribution in [-0.2, 0) is 6.42 Å². The maximum absolute atomic E-state index is 4.65. The van der Waals surface area contributed by atoms with E-state index >= 15 is 0 Å². The van der Waals surface area contributed by atoms with Crippen LogP contribution in [-0.4, -0.2) is 22.7 Å². The summed E-state index contributed by atoms with van der Waals surface area (Å²) in [5, 5.41) is 7.18. The second-order valence-corrected chi connectivity index (χ2v) is 4.08. The van der Waals surface area contributed by atoms with Crippen molar-refractivity contribution in [1.82, 2.24) is 15.5 Å². The van der Waals surface area contributed by atoms with Crippen molar-refractivity contribution in [2.24, 2.45) is 5.92 Å². The predicted octanol–water partition coefficient (Wildman–Crippen LogP) is 1.64. The van der Waals surface area contributed by atoms with E-state index < -0.39 is 0 Å². The summed E-state index contributed by atoms with van der Waals surface area (Å²) in [6.07, 6.45) is 3.40. The van der Waals surface area contributed by atoms with Crippen molar-refractivity contribution >= 4 is 0 Å². The van der Waals surface area contributed by atoms with Crippen LogP contribution in [0.15, 0.2) is 10.9 Å². The van der Waals surface area contributed by atoms with E-state index in [2.05, 4.69) is 40.8 Å². The Kier molecular flexibility index (Phi) is 4.59. The van der Waals surface area contributed by atoms with Crippen LogP contribution in [0.25, 0.3) is 0 Å². The third kappa shape index (κ3) is 4.37. The molecule has 1 unspecified atom stereocenters. The molecular formula is C10H19N3O. The lowest BCUT2D eigenvalue weighted by Gasteiger charge is -2.14. The number of nitrogens with zero attached hydrogens (tertiary/aromatic N) is 2. The van der Waals surface area contributed by atoms with Crippen molar-refractivity contribution in [3.63, 3.8) is 0 Å². The van der Waals surface area contributed by atoms with Gasteiger partial charge in [0.25, 0.3) is 0 Å². The number of rotatable bonds is 6. The minimum atomic E-state index is 0.557. The highest BCUT2D eigenvalue weighted by molar-refractivity contribution is 4.79. The molecule has 1 atom stereocenters. The van der Waals surface area contributed by atoms with Gasteiger partial charge in [-0.25, -0.2) is 0 Å². The molecule has 0 aliphatic carbocycles. The first kappa shape index (κ1) is 11.2. The first-order valence-corrected chi connectivity index (χ1v) is 5.17. The van der Waals surface area contributed by atoms with E-state index in [1.54, 1.807) is 0 Å². The van der Waals surface area contributed by atoms with Crippen molar-refractivity contribution in [2.75, 3.05) is 6.54 Å². The summed E-state index contributed by atoms with van der Waals surface area (Å²) in [7, 11) is 0. The van der Waals surface area contributed by atoms with Gasteiger partial charge in [0.2, 0.25) is 6.39 Å². The molecule has 14 heavy (non-hydrogen) atoms. The lowest BCUT2D eigenvalue weighted by Crippen LogP contribution is -2.29. The first-order valence-electron chi connectivity index (χ1n) is 5.17. The van der Waals surface area contributed by atoms with Gasteiger partial charge < -0.3 is 9.84 Å². The van der Waals surface area contributed by atoms with E-state index in [0.29, 0.717) is 6.04 Å². The highest BCUT2D eigenvalue weighted by Crippen LogP contribution is 2.03. The monoisotopic (exact) mass is 197 g/mol. The van der Waals surface area contributed by atoms with Gasteiger partial charge in [-0.05, 0) is 19.3 Å². The fraction of sp³-hybridized carbons (Fsp3) is 0.800. The van der Waals surface area contributed by atoms with Crippen LogP contribution in [0.1, 0.15) is 33.0 Å². The van der Waals surface area contributed by atoms with Crippen molar-refractivity contribution in [3.8, 4) is 0 Å². The largest absolute Gasteiger partial charge is 0.343 e. The van der Waals surface area contributed by atoms with Crippen molar-refractivity contribution in [1.29, 1.82) is 0 Å². The van der Waals surface area contributed by atoms with E-state index in [9.17, 15) is 0 Å². The second-order valence-electron chi connectivity index (χ2n) is 4.08. The zero-order chi connectivity index (χ0) is 10.4. The average molecular weight is 197 g/mol. The smallest absolute Gasteiger partial charge is 0.213 e. The fourth-order valence-corrected chi connectivity index (χ4v) is 1.52. The summed E-state index contributed by atoms with van der Waals surface area (Å²) in [5.74, 6) is 1.51. The van der Waals surface area contributed by atoms with Crippen LogP contribution < -0.4 is 5.32 Å².